The van der Waals surface area contributed by atoms with E-state index in [0.29, 0.717) is 74.8 Å². The lowest BCUT2D eigenvalue weighted by atomic mass is 9.72. The Hall–Kier alpha value is -3.11. The van der Waals surface area contributed by atoms with E-state index in [2.05, 4.69) is 26.1 Å². The summed E-state index contributed by atoms with van der Waals surface area (Å²) in [4.78, 5) is 40.8. The second kappa shape index (κ2) is 18.9. The molecule has 0 aliphatic carbocycles. The summed E-state index contributed by atoms with van der Waals surface area (Å²) < 4.78 is 45.8. The van der Waals surface area contributed by atoms with Gasteiger partial charge in [-0.15, -0.1) is 0 Å². The van der Waals surface area contributed by atoms with E-state index in [9.17, 15) is 29.7 Å². The maximum absolute atomic E-state index is 14.7. The number of carbonyl (C=O) groups is 3. The summed E-state index contributed by atoms with van der Waals surface area (Å²) in [5.41, 5.74) is -1.38. The lowest BCUT2D eigenvalue weighted by Crippen LogP contribution is -2.65. The molecular formula is C50H75NO13. The summed E-state index contributed by atoms with van der Waals surface area (Å²) in [5, 5.41) is 36.2. The molecule has 4 saturated heterocycles. The fourth-order valence-corrected chi connectivity index (χ4v) is 11.9. The molecule has 0 unspecified atom stereocenters. The predicted octanol–water partition coefficient (Wildman–Crippen LogP) is 7.35. The SMILES string of the molecule is CC[C@@H](C(=O)[C@@H](C)[C@@H](O)[C@H](C)[C@@H]1O[C@@H]([C@@H](CC)C(=O)O)CC[C@@H]1C)[C@H]1O[C@]2(C=C[C@H](NC(=O)c3ccc4c(c3)OCO4)[C@]3(CC[C@@](C)([C@H]4CC[C@](O)(CC)[C@H](C)O4)O3)O2)[C@H](C)C[C@@H]1C. The fourth-order valence-electron chi connectivity index (χ4n) is 11.9. The molecule has 14 nitrogen and oxygen atoms in total. The number of ketones is 1. The standard InChI is InChI=1S/C50H75NO13/c1-11-34(46(55)56)36-16-14-27(4)43(61-36)31(8)41(52)30(7)42(53)35(12-2)44-28(5)24-29(6)49(62-44)21-18-39(51-45(54)33-15-17-37-38(25-33)59-26-58-37)50(64-49)23-22-47(10,63-50)40-19-20-48(57,13-3)32(9)60-40/h15,17-18,21,25,27-32,34-36,39-41,43-44,52,57H,11-14,16,19-20,22-24,26H2,1-10H3,(H,51,54)(H,55,56)/t27-,28-,29+,30-,31-,32-,34+,35-,36+,39-,40+,41+,43+,44-,47-,48+,49-,50-/m0/s1. The molecule has 2 spiro atoms. The molecule has 6 aliphatic heterocycles. The molecule has 358 valence electrons. The molecule has 6 heterocycles. The lowest BCUT2D eigenvalue weighted by molar-refractivity contribution is -0.397. The smallest absolute Gasteiger partial charge is 0.309 e. The molecule has 0 bridgehead atoms. The number of Topliss-reactive ketones (excluding diaryl/α,β-unsaturated/α-hetero) is 1. The van der Waals surface area contributed by atoms with Crippen LogP contribution in [0, 0.1) is 41.4 Å². The number of carboxylic acids is 1. The van der Waals surface area contributed by atoms with Gasteiger partial charge in [0.1, 0.15) is 11.8 Å². The third kappa shape index (κ3) is 9.02. The van der Waals surface area contributed by atoms with Crippen LogP contribution < -0.4 is 14.8 Å². The van der Waals surface area contributed by atoms with Crippen molar-refractivity contribution in [2.45, 2.75) is 199 Å². The summed E-state index contributed by atoms with van der Waals surface area (Å²) in [7, 11) is 0. The van der Waals surface area contributed by atoms with Gasteiger partial charge in [-0.3, -0.25) is 14.4 Å². The van der Waals surface area contributed by atoms with E-state index in [4.69, 9.17) is 33.2 Å². The number of hydrogen-bond donors (Lipinski definition) is 4. The highest BCUT2D eigenvalue weighted by molar-refractivity contribution is 5.95. The number of aliphatic hydroxyl groups excluding tert-OH is 1. The Morgan fingerprint density at radius 2 is 1.59 bits per heavy atom. The van der Waals surface area contributed by atoms with Crippen LogP contribution in [0.3, 0.4) is 0 Å². The number of carbonyl (C=O) groups excluding carboxylic acids is 2. The highest BCUT2D eigenvalue weighted by atomic mass is 16.8. The van der Waals surface area contributed by atoms with Crippen molar-refractivity contribution in [3.05, 3.63) is 35.9 Å². The summed E-state index contributed by atoms with van der Waals surface area (Å²) in [6, 6.07) is 4.32. The number of ether oxygens (including phenoxy) is 7. The number of nitrogens with one attached hydrogen (secondary N) is 1. The normalized spacial score (nSPS) is 40.7. The van der Waals surface area contributed by atoms with Gasteiger partial charge in [0.2, 0.25) is 6.79 Å². The maximum atomic E-state index is 14.7. The van der Waals surface area contributed by atoms with Gasteiger partial charge in [0.15, 0.2) is 23.1 Å². The van der Waals surface area contributed by atoms with Crippen LogP contribution in [0.5, 0.6) is 11.5 Å². The average molecular weight is 898 g/mol. The van der Waals surface area contributed by atoms with Gasteiger partial charge in [0.25, 0.3) is 5.91 Å². The number of benzene rings is 1. The number of amides is 1. The minimum atomic E-state index is -1.39. The topological polar surface area (TPSA) is 189 Å². The van der Waals surface area contributed by atoms with E-state index >= 15 is 0 Å². The van der Waals surface area contributed by atoms with Gasteiger partial charge < -0.3 is 53.8 Å². The van der Waals surface area contributed by atoms with Crippen molar-refractivity contribution in [3.8, 4) is 11.5 Å². The molecule has 1 amide bonds. The van der Waals surface area contributed by atoms with E-state index in [0.717, 1.165) is 6.42 Å². The van der Waals surface area contributed by atoms with E-state index < -0.39 is 89.0 Å². The van der Waals surface area contributed by atoms with Crippen LogP contribution >= 0.6 is 0 Å². The molecule has 6 aliphatic rings. The zero-order chi connectivity index (χ0) is 46.5. The Kier molecular flexibility index (Phi) is 14.4. The van der Waals surface area contributed by atoms with Crippen molar-refractivity contribution in [3.63, 3.8) is 0 Å². The van der Waals surface area contributed by atoms with Crippen LogP contribution in [0.25, 0.3) is 0 Å². The number of hydrogen-bond acceptors (Lipinski definition) is 12. The number of carboxylic acid groups (broad SMARTS) is 1. The fraction of sp³-hybridized carbons (Fsp3) is 0.780. The third-order valence-corrected chi connectivity index (χ3v) is 16.4. The highest BCUT2D eigenvalue weighted by Crippen LogP contribution is 2.54. The quantitative estimate of drug-likeness (QED) is 0.136. The molecule has 14 heteroatoms. The molecule has 18 atom stereocenters. The number of fused-ring (bicyclic) bond motifs is 1. The Morgan fingerprint density at radius 3 is 2.27 bits per heavy atom. The minimum Gasteiger partial charge on any atom is -0.481 e. The Labute approximate surface area is 379 Å². The first-order chi connectivity index (χ1) is 30.2. The molecule has 64 heavy (non-hydrogen) atoms. The van der Waals surface area contributed by atoms with Crippen LogP contribution in [0.2, 0.25) is 0 Å². The Balaban J connectivity index is 1.14. The van der Waals surface area contributed by atoms with Crippen molar-refractivity contribution in [1.29, 1.82) is 0 Å². The number of rotatable bonds is 14. The van der Waals surface area contributed by atoms with Gasteiger partial charge in [0.05, 0.1) is 53.7 Å². The Bertz CT molecular complexity index is 1890. The molecule has 0 radical (unpaired) electrons. The zero-order valence-corrected chi connectivity index (χ0v) is 39.7. The first-order valence-corrected chi connectivity index (χ1v) is 24.2. The van der Waals surface area contributed by atoms with Gasteiger partial charge in [-0.1, -0.05) is 61.5 Å². The van der Waals surface area contributed by atoms with Crippen LogP contribution in [0.4, 0.5) is 0 Å². The molecule has 7 rings (SSSR count). The van der Waals surface area contributed by atoms with Crippen LogP contribution in [0.15, 0.2) is 30.4 Å². The molecule has 4 N–H and O–H groups in total. The van der Waals surface area contributed by atoms with Gasteiger partial charge >= 0.3 is 5.97 Å². The van der Waals surface area contributed by atoms with Crippen molar-refractivity contribution in [2.24, 2.45) is 41.4 Å². The summed E-state index contributed by atoms with van der Waals surface area (Å²) >= 11 is 0. The molecule has 1 aromatic carbocycles. The van der Waals surface area contributed by atoms with Gasteiger partial charge in [0, 0.05) is 35.7 Å². The number of aliphatic hydroxyl groups is 2. The first-order valence-electron chi connectivity index (χ1n) is 24.2. The van der Waals surface area contributed by atoms with Gasteiger partial charge in [-0.25, -0.2) is 0 Å². The zero-order valence-electron chi connectivity index (χ0n) is 39.7. The third-order valence-electron chi connectivity index (χ3n) is 16.4. The van der Waals surface area contributed by atoms with Crippen molar-refractivity contribution < 1.29 is 62.9 Å². The highest BCUT2D eigenvalue weighted by Gasteiger charge is 2.63. The van der Waals surface area contributed by atoms with Gasteiger partial charge in [-0.05, 0) is 108 Å². The number of aliphatic carboxylic acids is 1. The van der Waals surface area contributed by atoms with Crippen LogP contribution in [-0.4, -0.2) is 105 Å². The predicted molar refractivity (Wildman–Crippen MR) is 236 cm³/mol. The summed E-state index contributed by atoms with van der Waals surface area (Å²) in [6.45, 7) is 19.7. The van der Waals surface area contributed by atoms with Crippen LogP contribution in [-0.2, 0) is 33.3 Å². The first kappa shape index (κ1) is 48.8. The second-order valence-corrected chi connectivity index (χ2v) is 20.5. The monoisotopic (exact) mass is 898 g/mol. The maximum Gasteiger partial charge on any atom is 0.309 e. The molecule has 4 fully saturated rings. The molecule has 1 aromatic rings. The molecular weight excluding hydrogens is 823 g/mol. The van der Waals surface area contributed by atoms with E-state index in [1.54, 1.807) is 25.1 Å². The van der Waals surface area contributed by atoms with E-state index in [-0.39, 0.29) is 42.3 Å². The van der Waals surface area contributed by atoms with E-state index in [1.807, 2.05) is 53.7 Å². The molecule has 0 aromatic heterocycles. The lowest BCUT2D eigenvalue weighted by Gasteiger charge is -2.55. The Morgan fingerprint density at radius 1 is 0.875 bits per heavy atom. The second-order valence-electron chi connectivity index (χ2n) is 20.5. The largest absolute Gasteiger partial charge is 0.481 e. The summed E-state index contributed by atoms with van der Waals surface area (Å²) in [6.07, 6.45) is 6.24. The van der Waals surface area contributed by atoms with Crippen LogP contribution in [0.1, 0.15) is 144 Å². The van der Waals surface area contributed by atoms with Gasteiger partial charge in [-0.2, -0.15) is 0 Å². The summed E-state index contributed by atoms with van der Waals surface area (Å²) in [5.74, 6) is -5.51. The van der Waals surface area contributed by atoms with Crippen molar-refractivity contribution in [1.82, 2.24) is 5.32 Å². The van der Waals surface area contributed by atoms with Crippen molar-refractivity contribution >= 4 is 17.7 Å². The van der Waals surface area contributed by atoms with E-state index in [1.165, 1.54) is 0 Å². The average Bonchev–Trinajstić information content (AvgIpc) is 3.89. The minimum absolute atomic E-state index is 0.0404. The van der Waals surface area contributed by atoms with Crippen molar-refractivity contribution in [2.75, 3.05) is 6.79 Å². The molecule has 0 saturated carbocycles.